The molecular weight excluding hydrogens is 670 g/mol. The zero-order valence-corrected chi connectivity index (χ0v) is 29.9. The van der Waals surface area contributed by atoms with Crippen LogP contribution in [-0.2, 0) is 27.2 Å². The van der Waals surface area contributed by atoms with E-state index in [1.54, 1.807) is 24.3 Å². The van der Waals surface area contributed by atoms with Gasteiger partial charge >= 0.3 is 12.4 Å². The molecule has 5 nitrogen and oxygen atoms in total. The number of amides is 1. The SMILES string of the molecule is CCCCC12CCC(=O)C(C(F)(F)F)=C1c1ccc(N)c(C)c1C2.CCCCC12CCC(=O)C(C(F)(F)F)=C1c1ccc(NC(C)=O)c(C)c1C2. The number of halogens is 6. The summed E-state index contributed by atoms with van der Waals surface area (Å²) >= 11 is 0. The molecule has 0 saturated heterocycles. The second-order valence-corrected chi connectivity index (χ2v) is 14.7. The Hall–Kier alpha value is -3.89. The first kappa shape index (κ1) is 38.3. The van der Waals surface area contributed by atoms with Gasteiger partial charge in [-0.3, -0.25) is 14.4 Å². The van der Waals surface area contributed by atoms with Gasteiger partial charge in [-0.2, -0.15) is 26.3 Å². The average molecular weight is 717 g/mol. The minimum absolute atomic E-state index is 0.0232. The minimum Gasteiger partial charge on any atom is -0.399 e. The van der Waals surface area contributed by atoms with Gasteiger partial charge in [0.2, 0.25) is 5.91 Å². The summed E-state index contributed by atoms with van der Waals surface area (Å²) in [5.41, 5.74) is 8.95. The number of nitrogens with two attached hydrogens (primary N) is 1. The average Bonchev–Trinajstić information content (AvgIpc) is 3.55. The summed E-state index contributed by atoms with van der Waals surface area (Å²) in [5, 5.41) is 2.75. The van der Waals surface area contributed by atoms with Crippen molar-refractivity contribution in [2.24, 2.45) is 10.8 Å². The highest BCUT2D eigenvalue weighted by Crippen LogP contribution is 2.61. The summed E-state index contributed by atoms with van der Waals surface area (Å²) in [7, 11) is 0. The topological polar surface area (TPSA) is 89.3 Å². The molecule has 0 saturated carbocycles. The number of rotatable bonds is 7. The normalized spacial score (nSPS) is 22.6. The van der Waals surface area contributed by atoms with Crippen molar-refractivity contribution in [3.05, 3.63) is 68.8 Å². The Morgan fingerprint density at radius 1 is 0.745 bits per heavy atom. The number of carbonyl (C=O) groups is 3. The van der Waals surface area contributed by atoms with E-state index < -0.39 is 45.9 Å². The van der Waals surface area contributed by atoms with Crippen molar-refractivity contribution >= 4 is 40.0 Å². The molecule has 276 valence electrons. The molecular formula is C40H46F6N2O3. The van der Waals surface area contributed by atoms with E-state index in [1.165, 1.54) is 6.92 Å². The molecule has 2 aromatic carbocycles. The lowest BCUT2D eigenvalue weighted by molar-refractivity contribution is -0.131. The van der Waals surface area contributed by atoms with Gasteiger partial charge in [-0.05, 0) is 109 Å². The summed E-state index contributed by atoms with van der Waals surface area (Å²) in [4.78, 5) is 35.9. The van der Waals surface area contributed by atoms with E-state index in [0.29, 0.717) is 61.0 Å². The van der Waals surface area contributed by atoms with E-state index >= 15 is 0 Å². The number of nitrogen functional groups attached to an aromatic ring is 1. The molecule has 0 heterocycles. The van der Waals surface area contributed by atoms with Crippen LogP contribution in [0.4, 0.5) is 37.7 Å². The van der Waals surface area contributed by atoms with Crippen LogP contribution < -0.4 is 11.1 Å². The van der Waals surface area contributed by atoms with Crippen LogP contribution in [0, 0.1) is 24.7 Å². The molecule has 51 heavy (non-hydrogen) atoms. The highest BCUT2D eigenvalue weighted by Gasteiger charge is 2.55. The lowest BCUT2D eigenvalue weighted by Gasteiger charge is -2.37. The Morgan fingerprint density at radius 3 is 1.59 bits per heavy atom. The number of ketones is 2. The van der Waals surface area contributed by atoms with Crippen LogP contribution in [0.15, 0.2) is 35.4 Å². The summed E-state index contributed by atoms with van der Waals surface area (Å²) < 4.78 is 82.6. The van der Waals surface area contributed by atoms with Crippen LogP contribution in [0.1, 0.15) is 118 Å². The number of nitrogens with one attached hydrogen (secondary N) is 1. The van der Waals surface area contributed by atoms with E-state index in [0.717, 1.165) is 47.9 Å². The lowest BCUT2D eigenvalue weighted by atomic mass is 9.67. The predicted molar refractivity (Wildman–Crippen MR) is 187 cm³/mol. The van der Waals surface area contributed by atoms with Crippen molar-refractivity contribution in [1.29, 1.82) is 0 Å². The lowest BCUT2D eigenvalue weighted by Crippen LogP contribution is -2.34. The number of anilines is 2. The fourth-order valence-electron chi connectivity index (χ4n) is 8.97. The third kappa shape index (κ3) is 6.89. The molecule has 2 atom stereocenters. The van der Waals surface area contributed by atoms with Crippen LogP contribution in [0.3, 0.4) is 0 Å². The summed E-state index contributed by atoms with van der Waals surface area (Å²) in [6.45, 7) is 9.13. The number of allylic oxidation sites excluding steroid dienone is 4. The zero-order chi connectivity index (χ0) is 37.7. The Balaban J connectivity index is 0.000000199. The van der Waals surface area contributed by atoms with Crippen molar-refractivity contribution in [2.75, 3.05) is 11.1 Å². The number of Topliss-reactive ketones (excluding diaryl/α,β-unsaturated/α-hetero) is 2. The van der Waals surface area contributed by atoms with Crippen LogP contribution in [-0.4, -0.2) is 29.8 Å². The highest BCUT2D eigenvalue weighted by atomic mass is 19.4. The fraction of sp³-hybridized carbons (Fsp3) is 0.525. The number of fused-ring (bicyclic) bond motifs is 6. The van der Waals surface area contributed by atoms with Gasteiger partial charge in [0, 0.05) is 42.0 Å². The molecule has 0 fully saturated rings. The maximum absolute atomic E-state index is 13.8. The molecule has 2 unspecified atom stereocenters. The van der Waals surface area contributed by atoms with E-state index in [1.807, 2.05) is 27.7 Å². The van der Waals surface area contributed by atoms with Crippen molar-refractivity contribution in [2.45, 2.75) is 124 Å². The number of carbonyl (C=O) groups excluding carboxylic acids is 3. The molecule has 4 aliphatic rings. The van der Waals surface area contributed by atoms with Crippen LogP contribution >= 0.6 is 0 Å². The summed E-state index contributed by atoms with van der Waals surface area (Å²) in [6, 6.07) is 6.61. The number of benzene rings is 2. The van der Waals surface area contributed by atoms with Gasteiger partial charge in [-0.1, -0.05) is 51.7 Å². The predicted octanol–water partition coefficient (Wildman–Crippen LogP) is 10.4. The van der Waals surface area contributed by atoms with E-state index in [-0.39, 0.29) is 29.9 Å². The quantitative estimate of drug-likeness (QED) is 0.221. The second-order valence-electron chi connectivity index (χ2n) is 14.7. The van der Waals surface area contributed by atoms with Crippen LogP contribution in [0.2, 0.25) is 0 Å². The van der Waals surface area contributed by atoms with Crippen molar-refractivity contribution < 1.29 is 40.7 Å². The maximum Gasteiger partial charge on any atom is 0.420 e. The summed E-state index contributed by atoms with van der Waals surface area (Å²) in [6.07, 6.45) is -2.58. The molecule has 4 aliphatic carbocycles. The second kappa shape index (κ2) is 13.9. The molecule has 3 N–H and O–H groups in total. The maximum atomic E-state index is 13.8. The van der Waals surface area contributed by atoms with Crippen molar-refractivity contribution in [1.82, 2.24) is 0 Å². The van der Waals surface area contributed by atoms with Gasteiger partial charge in [0.25, 0.3) is 0 Å². The third-order valence-electron chi connectivity index (χ3n) is 11.5. The molecule has 0 bridgehead atoms. The molecule has 0 radical (unpaired) electrons. The molecule has 0 aromatic heterocycles. The number of unbranched alkanes of at least 4 members (excludes halogenated alkanes) is 2. The fourth-order valence-corrected chi connectivity index (χ4v) is 8.97. The van der Waals surface area contributed by atoms with Crippen molar-refractivity contribution in [3.8, 4) is 0 Å². The first-order valence-corrected chi connectivity index (χ1v) is 17.8. The molecule has 11 heteroatoms. The molecule has 2 aromatic rings. The molecule has 0 aliphatic heterocycles. The zero-order valence-electron chi connectivity index (χ0n) is 29.9. The van der Waals surface area contributed by atoms with Gasteiger partial charge in [-0.25, -0.2) is 0 Å². The Morgan fingerprint density at radius 2 is 1.18 bits per heavy atom. The van der Waals surface area contributed by atoms with Gasteiger partial charge in [-0.15, -0.1) is 0 Å². The largest absolute Gasteiger partial charge is 0.420 e. The molecule has 6 rings (SSSR count). The van der Waals surface area contributed by atoms with E-state index in [2.05, 4.69) is 5.32 Å². The smallest absolute Gasteiger partial charge is 0.399 e. The molecule has 1 amide bonds. The van der Waals surface area contributed by atoms with Crippen LogP contribution in [0.25, 0.3) is 11.1 Å². The molecule has 0 spiro atoms. The van der Waals surface area contributed by atoms with Crippen LogP contribution in [0.5, 0.6) is 0 Å². The van der Waals surface area contributed by atoms with E-state index in [9.17, 15) is 40.7 Å². The monoisotopic (exact) mass is 716 g/mol. The standard InChI is InChI=1S/C21H24F3NO2.C19H22F3NO/c1-4-5-9-20-10-8-17(27)19(21(22,23)24)18(20)14-6-7-16(25-13(3)26)12(2)15(14)11-20;1-3-4-8-18-9-7-15(24)17(19(20,21)22)16(18)12-5-6-14(23)11(2)13(12)10-18/h6-7H,4-5,8-11H2,1-3H3,(H,25,26);5-6H,3-4,7-10,23H2,1-2H3. The van der Waals surface area contributed by atoms with Gasteiger partial charge < -0.3 is 11.1 Å². The Labute approximate surface area is 295 Å². The summed E-state index contributed by atoms with van der Waals surface area (Å²) in [5.74, 6) is -1.80. The van der Waals surface area contributed by atoms with E-state index in [4.69, 9.17) is 5.73 Å². The Bertz CT molecular complexity index is 1840. The third-order valence-corrected chi connectivity index (χ3v) is 11.5. The highest BCUT2D eigenvalue weighted by molar-refractivity contribution is 6.09. The van der Waals surface area contributed by atoms with Crippen molar-refractivity contribution in [3.63, 3.8) is 0 Å². The number of alkyl halides is 6. The number of hydrogen-bond donors (Lipinski definition) is 2. The van der Waals surface area contributed by atoms with Gasteiger partial charge in [0.15, 0.2) is 11.6 Å². The Kier molecular flexibility index (Phi) is 10.5. The first-order valence-electron chi connectivity index (χ1n) is 17.8. The number of hydrogen-bond acceptors (Lipinski definition) is 4. The minimum atomic E-state index is -4.66. The van der Waals surface area contributed by atoms with Gasteiger partial charge in [0.1, 0.15) is 11.1 Å². The van der Waals surface area contributed by atoms with Gasteiger partial charge in [0.05, 0.1) is 0 Å². The first-order chi connectivity index (χ1) is 23.8.